The summed E-state index contributed by atoms with van der Waals surface area (Å²) in [6.45, 7) is 1.33. The van der Waals surface area contributed by atoms with Crippen molar-refractivity contribution in [3.8, 4) is 5.75 Å². The predicted octanol–water partition coefficient (Wildman–Crippen LogP) is 3.83. The van der Waals surface area contributed by atoms with E-state index in [-0.39, 0.29) is 5.69 Å². The Morgan fingerprint density at radius 3 is 3.00 bits per heavy atom. The van der Waals surface area contributed by atoms with Gasteiger partial charge in [0.25, 0.3) is 0 Å². The second kappa shape index (κ2) is 7.59. The normalized spacial score (nSPS) is 18.1. The molecule has 0 spiro atoms. The van der Waals surface area contributed by atoms with Crippen molar-refractivity contribution in [3.63, 3.8) is 0 Å². The highest BCUT2D eigenvalue weighted by Gasteiger charge is 2.17. The smallest absolute Gasteiger partial charge is 0.310 e. The minimum absolute atomic E-state index is 0.0202. The van der Waals surface area contributed by atoms with E-state index in [0.29, 0.717) is 23.8 Å². The van der Waals surface area contributed by atoms with Crippen molar-refractivity contribution in [2.45, 2.75) is 37.1 Å². The first-order valence-electron chi connectivity index (χ1n) is 6.78. The molecule has 1 aliphatic heterocycles. The van der Waals surface area contributed by atoms with Gasteiger partial charge in [0.2, 0.25) is 0 Å². The molecule has 0 bridgehead atoms. The predicted molar refractivity (Wildman–Crippen MR) is 79.4 cm³/mol. The van der Waals surface area contributed by atoms with Gasteiger partial charge in [-0.1, -0.05) is 22.0 Å². The molecule has 0 radical (unpaired) electrons. The lowest BCUT2D eigenvalue weighted by molar-refractivity contribution is -0.385. The zero-order chi connectivity index (χ0) is 14.4. The summed E-state index contributed by atoms with van der Waals surface area (Å²) >= 11 is 3.34. The minimum Gasteiger partial charge on any atom is -0.487 e. The van der Waals surface area contributed by atoms with Crippen LogP contribution in [0.2, 0.25) is 0 Å². The molecule has 20 heavy (non-hydrogen) atoms. The number of halogens is 1. The molecule has 1 unspecified atom stereocenters. The first-order valence-corrected chi connectivity index (χ1v) is 7.90. The number of benzene rings is 1. The van der Waals surface area contributed by atoms with E-state index < -0.39 is 4.92 Å². The molecular weight excluding hydrogens is 326 g/mol. The average molecular weight is 344 g/mol. The first-order chi connectivity index (χ1) is 9.70. The van der Waals surface area contributed by atoms with Gasteiger partial charge in [-0.15, -0.1) is 0 Å². The Bertz CT molecular complexity index is 460. The van der Waals surface area contributed by atoms with Crippen molar-refractivity contribution < 1.29 is 14.4 Å². The fourth-order valence-electron chi connectivity index (χ4n) is 2.27. The van der Waals surface area contributed by atoms with Crippen LogP contribution < -0.4 is 4.74 Å². The second-order valence-electron chi connectivity index (χ2n) is 4.82. The lowest BCUT2D eigenvalue weighted by Crippen LogP contribution is -2.08. The van der Waals surface area contributed by atoms with Crippen LogP contribution in [-0.4, -0.2) is 24.2 Å². The third-order valence-electron chi connectivity index (χ3n) is 3.33. The monoisotopic (exact) mass is 343 g/mol. The maximum atomic E-state index is 11.0. The van der Waals surface area contributed by atoms with Gasteiger partial charge in [-0.2, -0.15) is 0 Å². The van der Waals surface area contributed by atoms with Gasteiger partial charge in [0.1, 0.15) is 0 Å². The number of hydrogen-bond donors (Lipinski definition) is 0. The molecule has 0 amide bonds. The molecule has 1 saturated heterocycles. The summed E-state index contributed by atoms with van der Waals surface area (Å²) in [7, 11) is 0. The maximum absolute atomic E-state index is 11.0. The van der Waals surface area contributed by atoms with E-state index in [2.05, 4.69) is 15.9 Å². The SMILES string of the molecule is O=[N+]([O-])c1ccc(CBr)cc1OCCCC1CCCO1. The molecule has 1 heterocycles. The molecular formula is C14H18BrNO4. The Hall–Kier alpha value is -1.14. The number of alkyl halides is 1. The van der Waals surface area contributed by atoms with Crippen LogP contribution >= 0.6 is 15.9 Å². The highest BCUT2D eigenvalue weighted by atomic mass is 79.9. The van der Waals surface area contributed by atoms with E-state index in [9.17, 15) is 10.1 Å². The van der Waals surface area contributed by atoms with E-state index in [1.165, 1.54) is 6.07 Å². The second-order valence-corrected chi connectivity index (χ2v) is 5.38. The summed E-state index contributed by atoms with van der Waals surface area (Å²) in [6.07, 6.45) is 4.37. The summed E-state index contributed by atoms with van der Waals surface area (Å²) in [6, 6.07) is 4.94. The van der Waals surface area contributed by atoms with Gasteiger partial charge >= 0.3 is 5.69 Å². The van der Waals surface area contributed by atoms with Crippen molar-refractivity contribution in [1.82, 2.24) is 0 Å². The molecule has 1 fully saturated rings. The van der Waals surface area contributed by atoms with Gasteiger partial charge in [-0.25, -0.2) is 0 Å². The van der Waals surface area contributed by atoms with Crippen molar-refractivity contribution in [2.24, 2.45) is 0 Å². The van der Waals surface area contributed by atoms with Gasteiger partial charge in [-0.3, -0.25) is 10.1 Å². The Balaban J connectivity index is 1.88. The third-order valence-corrected chi connectivity index (χ3v) is 3.97. The lowest BCUT2D eigenvalue weighted by Gasteiger charge is -2.10. The lowest BCUT2D eigenvalue weighted by atomic mass is 10.1. The molecule has 1 aromatic rings. The Labute approximate surface area is 126 Å². The summed E-state index contributed by atoms with van der Waals surface area (Å²) in [4.78, 5) is 10.5. The third kappa shape index (κ3) is 4.18. The molecule has 0 saturated carbocycles. The van der Waals surface area contributed by atoms with E-state index in [0.717, 1.165) is 37.9 Å². The molecule has 1 aromatic carbocycles. The number of ether oxygens (including phenoxy) is 2. The zero-order valence-corrected chi connectivity index (χ0v) is 12.8. The number of nitro benzene ring substituents is 1. The first kappa shape index (κ1) is 15.3. The van der Waals surface area contributed by atoms with E-state index in [1.807, 2.05) is 0 Å². The van der Waals surface area contributed by atoms with Crippen LogP contribution in [0.3, 0.4) is 0 Å². The number of nitro groups is 1. The maximum Gasteiger partial charge on any atom is 0.310 e. The molecule has 110 valence electrons. The molecule has 5 nitrogen and oxygen atoms in total. The Morgan fingerprint density at radius 2 is 2.35 bits per heavy atom. The standard InChI is InChI=1S/C14H18BrNO4/c15-10-11-5-6-13(16(17)18)14(9-11)20-8-2-4-12-3-1-7-19-12/h5-6,9,12H,1-4,7-8,10H2. The van der Waals surface area contributed by atoms with Gasteiger partial charge in [0.05, 0.1) is 17.6 Å². The van der Waals surface area contributed by atoms with Crippen LogP contribution in [0.4, 0.5) is 5.69 Å². The van der Waals surface area contributed by atoms with Crippen molar-refractivity contribution in [3.05, 3.63) is 33.9 Å². The van der Waals surface area contributed by atoms with Crippen LogP contribution in [0.15, 0.2) is 18.2 Å². The van der Waals surface area contributed by atoms with E-state index >= 15 is 0 Å². The molecule has 6 heteroatoms. The summed E-state index contributed by atoms with van der Waals surface area (Å²) in [5.41, 5.74) is 0.983. The van der Waals surface area contributed by atoms with Gasteiger partial charge < -0.3 is 9.47 Å². The molecule has 0 aromatic heterocycles. The molecule has 1 atom stereocenters. The zero-order valence-electron chi connectivity index (χ0n) is 11.2. The van der Waals surface area contributed by atoms with Crippen molar-refractivity contribution >= 4 is 21.6 Å². The number of nitrogens with zero attached hydrogens (tertiary/aromatic N) is 1. The fraction of sp³-hybridized carbons (Fsp3) is 0.571. The highest BCUT2D eigenvalue weighted by molar-refractivity contribution is 9.08. The average Bonchev–Trinajstić information content (AvgIpc) is 2.96. The summed E-state index contributed by atoms with van der Waals surface area (Å²) < 4.78 is 11.1. The fourth-order valence-corrected chi connectivity index (χ4v) is 2.62. The summed E-state index contributed by atoms with van der Waals surface area (Å²) in [5.74, 6) is 0.347. The number of hydrogen-bond acceptors (Lipinski definition) is 4. The summed E-state index contributed by atoms with van der Waals surface area (Å²) in [5, 5.41) is 11.6. The quantitative estimate of drug-likeness (QED) is 0.326. The van der Waals surface area contributed by atoms with Crippen LogP contribution in [0.5, 0.6) is 5.75 Å². The van der Waals surface area contributed by atoms with E-state index in [1.54, 1.807) is 12.1 Å². The van der Waals surface area contributed by atoms with Crippen LogP contribution in [0.25, 0.3) is 0 Å². The minimum atomic E-state index is -0.409. The van der Waals surface area contributed by atoms with Crippen molar-refractivity contribution in [1.29, 1.82) is 0 Å². The van der Waals surface area contributed by atoms with Crippen LogP contribution in [0, 0.1) is 10.1 Å². The molecule has 1 aliphatic rings. The Kier molecular flexibility index (Phi) is 5.79. The molecule has 2 rings (SSSR count). The van der Waals surface area contributed by atoms with Crippen LogP contribution in [-0.2, 0) is 10.1 Å². The van der Waals surface area contributed by atoms with Crippen LogP contribution in [0.1, 0.15) is 31.2 Å². The molecule has 0 N–H and O–H groups in total. The van der Waals surface area contributed by atoms with Gasteiger partial charge in [0, 0.05) is 18.0 Å². The topological polar surface area (TPSA) is 61.6 Å². The number of rotatable bonds is 7. The largest absolute Gasteiger partial charge is 0.487 e. The highest BCUT2D eigenvalue weighted by Crippen LogP contribution is 2.29. The van der Waals surface area contributed by atoms with Gasteiger partial charge in [0.15, 0.2) is 5.75 Å². The van der Waals surface area contributed by atoms with Gasteiger partial charge in [-0.05, 0) is 37.3 Å². The molecule has 0 aliphatic carbocycles. The van der Waals surface area contributed by atoms with Crippen molar-refractivity contribution in [2.75, 3.05) is 13.2 Å². The Morgan fingerprint density at radius 1 is 1.50 bits per heavy atom. The van der Waals surface area contributed by atoms with E-state index in [4.69, 9.17) is 9.47 Å².